The van der Waals surface area contributed by atoms with Crippen LogP contribution >= 0.6 is 0 Å². The smallest absolute Gasteiger partial charge is 0.136 e. The maximum atomic E-state index is 13.7. The van der Waals surface area contributed by atoms with Crippen LogP contribution in [-0.2, 0) is 0 Å². The average Bonchev–Trinajstić information content (AvgIpc) is 2.29. The van der Waals surface area contributed by atoms with Gasteiger partial charge >= 0.3 is 0 Å². The van der Waals surface area contributed by atoms with Gasteiger partial charge in [-0.25, -0.2) is 4.39 Å². The molecule has 0 bridgehead atoms. The van der Waals surface area contributed by atoms with Crippen molar-refractivity contribution >= 4 is 11.5 Å². The normalized spacial score (nSPS) is 10.6. The van der Waals surface area contributed by atoms with Gasteiger partial charge in [-0.2, -0.15) is 0 Å². The fraction of sp³-hybridized carbons (Fsp3) is 0.462. The number of halogens is 1. The van der Waals surface area contributed by atoms with Crippen molar-refractivity contribution in [1.82, 2.24) is 0 Å². The second-order valence-electron chi connectivity index (χ2n) is 4.13. The van der Waals surface area contributed by atoms with Gasteiger partial charge in [0.2, 0.25) is 0 Å². The van der Waals surface area contributed by atoms with Gasteiger partial charge in [-0.3, -0.25) is 5.41 Å². The molecule has 0 amide bonds. The first-order valence-corrected chi connectivity index (χ1v) is 5.88. The summed E-state index contributed by atoms with van der Waals surface area (Å²) in [7, 11) is 1.92. The summed E-state index contributed by atoms with van der Waals surface area (Å²) < 4.78 is 13.7. The zero-order valence-electron chi connectivity index (χ0n) is 10.6. The van der Waals surface area contributed by atoms with Gasteiger partial charge in [0.1, 0.15) is 11.7 Å². The number of hydrogen-bond acceptors (Lipinski definition) is 2. The molecule has 17 heavy (non-hydrogen) atoms. The summed E-state index contributed by atoms with van der Waals surface area (Å²) in [6.45, 7) is 4.19. The van der Waals surface area contributed by atoms with E-state index >= 15 is 0 Å². The lowest BCUT2D eigenvalue weighted by molar-refractivity contribution is 0.585. The van der Waals surface area contributed by atoms with Gasteiger partial charge in [0.15, 0.2) is 0 Å². The van der Waals surface area contributed by atoms with Crippen molar-refractivity contribution in [1.29, 1.82) is 5.41 Å². The molecular weight excluding hydrogens is 217 g/mol. The highest BCUT2D eigenvalue weighted by Crippen LogP contribution is 2.25. The Labute approximate surface area is 102 Å². The maximum absolute atomic E-state index is 13.7. The molecule has 1 aromatic carbocycles. The van der Waals surface area contributed by atoms with E-state index in [-0.39, 0.29) is 11.4 Å². The van der Waals surface area contributed by atoms with E-state index in [9.17, 15) is 4.39 Å². The highest BCUT2D eigenvalue weighted by molar-refractivity contribution is 6.00. The van der Waals surface area contributed by atoms with E-state index in [2.05, 4.69) is 13.8 Å². The first-order valence-electron chi connectivity index (χ1n) is 5.88. The van der Waals surface area contributed by atoms with Gasteiger partial charge in [-0.05, 0) is 25.0 Å². The number of anilines is 1. The number of rotatable bonds is 5. The molecule has 0 radical (unpaired) electrons. The molecule has 0 spiro atoms. The lowest BCUT2D eigenvalue weighted by Crippen LogP contribution is -2.32. The number of benzene rings is 1. The molecule has 1 rings (SSSR count). The predicted octanol–water partition coefficient (Wildman–Crippen LogP) is 2.73. The van der Waals surface area contributed by atoms with Gasteiger partial charge in [-0.1, -0.05) is 19.9 Å². The van der Waals surface area contributed by atoms with Gasteiger partial charge in [0, 0.05) is 13.1 Å². The Morgan fingerprint density at radius 3 is 2.47 bits per heavy atom. The minimum Gasteiger partial charge on any atom is -0.384 e. The van der Waals surface area contributed by atoms with Crippen LogP contribution in [0.5, 0.6) is 0 Å². The summed E-state index contributed by atoms with van der Waals surface area (Å²) in [6, 6.07) is 5.12. The molecular formula is C13H20FN3. The van der Waals surface area contributed by atoms with Crippen LogP contribution in [0.15, 0.2) is 18.2 Å². The number of amidine groups is 1. The minimum atomic E-state index is -0.437. The molecule has 3 nitrogen and oxygen atoms in total. The Kier molecular flexibility index (Phi) is 4.49. The summed E-state index contributed by atoms with van der Waals surface area (Å²) >= 11 is 0. The van der Waals surface area contributed by atoms with Crippen molar-refractivity contribution in [2.24, 2.45) is 5.73 Å². The molecule has 0 aliphatic carbocycles. The van der Waals surface area contributed by atoms with E-state index in [4.69, 9.17) is 11.1 Å². The van der Waals surface area contributed by atoms with Gasteiger partial charge in [0.25, 0.3) is 0 Å². The van der Waals surface area contributed by atoms with Crippen molar-refractivity contribution in [3.05, 3.63) is 29.6 Å². The minimum absolute atomic E-state index is 0.196. The Bertz CT molecular complexity index is 400. The van der Waals surface area contributed by atoms with Crippen LogP contribution in [0.2, 0.25) is 0 Å². The first-order chi connectivity index (χ1) is 8.02. The van der Waals surface area contributed by atoms with Crippen molar-refractivity contribution in [3.63, 3.8) is 0 Å². The van der Waals surface area contributed by atoms with E-state index in [1.165, 1.54) is 6.07 Å². The third-order valence-corrected chi connectivity index (χ3v) is 3.13. The van der Waals surface area contributed by atoms with Crippen LogP contribution in [0, 0.1) is 11.2 Å². The highest BCUT2D eigenvalue weighted by atomic mass is 19.1. The summed E-state index contributed by atoms with van der Waals surface area (Å²) in [6.07, 6.45) is 1.95. The van der Waals surface area contributed by atoms with Crippen LogP contribution in [-0.4, -0.2) is 18.9 Å². The molecule has 0 aliphatic heterocycles. The second kappa shape index (κ2) is 5.66. The van der Waals surface area contributed by atoms with Crippen LogP contribution in [0.3, 0.4) is 0 Å². The number of nitrogens with one attached hydrogen (secondary N) is 1. The summed E-state index contributed by atoms with van der Waals surface area (Å²) in [5.41, 5.74) is 6.34. The first kappa shape index (κ1) is 13.5. The Morgan fingerprint density at radius 1 is 1.41 bits per heavy atom. The number of nitrogen functional groups attached to an aromatic ring is 1. The lowest BCUT2D eigenvalue weighted by atomic mass is 10.1. The second-order valence-corrected chi connectivity index (χ2v) is 4.13. The number of nitrogens with zero attached hydrogens (tertiary/aromatic N) is 1. The predicted molar refractivity (Wildman–Crippen MR) is 70.2 cm³/mol. The molecule has 94 valence electrons. The van der Waals surface area contributed by atoms with Crippen LogP contribution < -0.4 is 10.6 Å². The summed E-state index contributed by atoms with van der Waals surface area (Å²) in [5, 5.41) is 7.48. The molecule has 1 aromatic rings. The molecule has 0 heterocycles. The molecule has 3 N–H and O–H groups in total. The van der Waals surface area contributed by atoms with E-state index < -0.39 is 5.82 Å². The molecule has 0 aliphatic rings. The third-order valence-electron chi connectivity index (χ3n) is 3.13. The maximum Gasteiger partial charge on any atom is 0.136 e. The van der Waals surface area contributed by atoms with Crippen LogP contribution in [0.25, 0.3) is 0 Å². The van der Waals surface area contributed by atoms with Gasteiger partial charge in [0.05, 0.1) is 11.3 Å². The number of hydrogen-bond donors (Lipinski definition) is 2. The van der Waals surface area contributed by atoms with Crippen molar-refractivity contribution < 1.29 is 4.39 Å². The Hall–Kier alpha value is -1.58. The molecule has 0 saturated heterocycles. The highest BCUT2D eigenvalue weighted by Gasteiger charge is 2.18. The van der Waals surface area contributed by atoms with E-state index in [0.717, 1.165) is 12.8 Å². The van der Waals surface area contributed by atoms with Crippen molar-refractivity contribution in [2.75, 3.05) is 11.9 Å². The molecule has 0 unspecified atom stereocenters. The van der Waals surface area contributed by atoms with Crippen molar-refractivity contribution in [2.45, 2.75) is 32.7 Å². The fourth-order valence-electron chi connectivity index (χ4n) is 2.11. The molecule has 4 heteroatoms. The molecule has 0 fully saturated rings. The van der Waals surface area contributed by atoms with Crippen molar-refractivity contribution in [3.8, 4) is 0 Å². The fourth-order valence-corrected chi connectivity index (χ4v) is 2.11. The number of nitrogens with two attached hydrogens (primary N) is 1. The van der Waals surface area contributed by atoms with Crippen LogP contribution in [0.1, 0.15) is 32.3 Å². The van der Waals surface area contributed by atoms with Gasteiger partial charge < -0.3 is 10.6 Å². The zero-order valence-corrected chi connectivity index (χ0v) is 10.6. The Balaban J connectivity index is 3.21. The summed E-state index contributed by atoms with van der Waals surface area (Å²) in [5.74, 6) is -0.663. The third kappa shape index (κ3) is 2.75. The Morgan fingerprint density at radius 2 is 2.00 bits per heavy atom. The quantitative estimate of drug-likeness (QED) is 0.611. The molecule has 0 saturated carbocycles. The monoisotopic (exact) mass is 237 g/mol. The van der Waals surface area contributed by atoms with E-state index in [1.54, 1.807) is 12.1 Å². The van der Waals surface area contributed by atoms with Gasteiger partial charge in [-0.15, -0.1) is 0 Å². The van der Waals surface area contributed by atoms with E-state index in [0.29, 0.717) is 11.7 Å². The zero-order chi connectivity index (χ0) is 13.0. The SMILES string of the molecule is CCC(CC)N(C)c1cccc(F)c1C(=N)N. The van der Waals surface area contributed by atoms with Crippen LogP contribution in [0.4, 0.5) is 10.1 Å². The largest absolute Gasteiger partial charge is 0.384 e. The standard InChI is InChI=1S/C13H20FN3/c1-4-9(5-2)17(3)11-8-6-7-10(14)12(11)13(15)16/h6-9H,4-5H2,1-3H3,(H3,15,16). The lowest BCUT2D eigenvalue weighted by Gasteiger charge is -2.30. The molecule has 0 atom stereocenters. The topological polar surface area (TPSA) is 53.1 Å². The summed E-state index contributed by atoms with van der Waals surface area (Å²) in [4.78, 5) is 2.00. The molecule has 0 aromatic heterocycles. The average molecular weight is 237 g/mol. The van der Waals surface area contributed by atoms with E-state index in [1.807, 2.05) is 11.9 Å².